The molecule has 2 radical (unpaired) electrons. The summed E-state index contributed by atoms with van der Waals surface area (Å²) in [5.41, 5.74) is 1.13. The Bertz CT molecular complexity index is 566. The summed E-state index contributed by atoms with van der Waals surface area (Å²) in [6, 6.07) is 10.2. The molecule has 6 nitrogen and oxygen atoms in total. The monoisotopic (exact) mass is 548 g/mol. The van der Waals surface area contributed by atoms with Crippen LogP contribution in [0.5, 0.6) is 0 Å². The van der Waals surface area contributed by atoms with Crippen LogP contribution in [0, 0.1) is 57.7 Å². The molecule has 1 aliphatic rings. The molecule has 0 unspecified atom stereocenters. The van der Waals surface area contributed by atoms with E-state index in [-0.39, 0.29) is 33.6 Å². The zero-order chi connectivity index (χ0) is 22.5. The molecule has 1 aromatic rings. The fraction of sp³-hybridized carbons (Fsp3) is 0.300. The van der Waals surface area contributed by atoms with Crippen LogP contribution in [0.4, 0.5) is 0 Å². The summed E-state index contributed by atoms with van der Waals surface area (Å²) in [5.74, 6) is 7.24. The second-order valence-electron chi connectivity index (χ2n) is 4.10. The fourth-order valence-electron chi connectivity index (χ4n) is 1.97. The van der Waals surface area contributed by atoms with Gasteiger partial charge in [-0.05, 0) is 31.4 Å². The number of alkyl halides is 1. The van der Waals surface area contributed by atoms with Crippen molar-refractivity contribution < 1.29 is 61.5 Å². The van der Waals surface area contributed by atoms with Crippen molar-refractivity contribution in [1.82, 2.24) is 0 Å². The van der Waals surface area contributed by atoms with Crippen LogP contribution in [-0.2, 0) is 61.5 Å². The summed E-state index contributed by atoms with van der Waals surface area (Å²) in [7, 11) is 0. The standard InChI is InChI=1S/C14H15Br.6CO.2Co/c15-14-8-4-7-13(11-14)10-9-12-5-2-1-3-6-12;6*1-2;;/h1-3,5-6,13-14H,4,7-8,11H2;;;;;;;;/t13-,14+;;;;;;;;/m0......../s1. The van der Waals surface area contributed by atoms with E-state index in [1.807, 2.05) is 18.2 Å². The Labute approximate surface area is 200 Å². The van der Waals surface area contributed by atoms with Crippen molar-refractivity contribution in [3.63, 3.8) is 0 Å². The van der Waals surface area contributed by atoms with E-state index in [1.54, 1.807) is 0 Å². The molecule has 0 aliphatic heterocycles. The predicted molar refractivity (Wildman–Crippen MR) is 91.6 cm³/mol. The average Bonchev–Trinajstić information content (AvgIpc) is 2.81. The van der Waals surface area contributed by atoms with Gasteiger partial charge in [0.1, 0.15) is 0 Å². The van der Waals surface area contributed by atoms with Gasteiger partial charge in [-0.25, -0.2) is 0 Å². The van der Waals surface area contributed by atoms with E-state index < -0.39 is 0 Å². The number of halogens is 1. The van der Waals surface area contributed by atoms with Gasteiger partial charge in [-0.1, -0.05) is 52.4 Å². The summed E-state index contributed by atoms with van der Waals surface area (Å²) < 4.78 is 45.0. The summed E-state index contributed by atoms with van der Waals surface area (Å²) in [6.45, 7) is 27.0. The van der Waals surface area contributed by atoms with Gasteiger partial charge in [0.15, 0.2) is 0 Å². The molecule has 9 heteroatoms. The first kappa shape index (κ1) is 46.1. The molecule has 2 rings (SSSR count). The van der Waals surface area contributed by atoms with E-state index in [0.717, 1.165) is 5.56 Å². The SMILES string of the molecule is Br[C@@H]1CCC[C@@H](C#Cc2ccccc2)C1.[C-]#[O+].[C-]#[O+].[C-]#[O+].[C-]#[O+].[C-]#[O+].[C-]#[O+].[Co].[Co]. The van der Waals surface area contributed by atoms with Crippen LogP contribution in [0.2, 0.25) is 0 Å². The Morgan fingerprint density at radius 2 is 1.14 bits per heavy atom. The topological polar surface area (TPSA) is 119 Å². The molecule has 0 bridgehead atoms. The minimum Gasteiger partial charge on any atom is 0 e. The van der Waals surface area contributed by atoms with Crippen LogP contribution in [0.25, 0.3) is 0 Å². The van der Waals surface area contributed by atoms with E-state index >= 15 is 0 Å². The van der Waals surface area contributed by atoms with Gasteiger partial charge in [-0.2, -0.15) is 0 Å². The molecule has 1 aromatic carbocycles. The normalized spacial score (nSPS) is 13.6. The molecule has 2 atom stereocenters. The van der Waals surface area contributed by atoms with Gasteiger partial charge < -0.3 is 0 Å². The quantitative estimate of drug-likeness (QED) is 0.203. The smallest absolute Gasteiger partial charge is 0 e. The molecule has 1 fully saturated rings. The summed E-state index contributed by atoms with van der Waals surface area (Å²) >= 11 is 3.69. The van der Waals surface area contributed by atoms with Crippen molar-refractivity contribution in [1.29, 1.82) is 0 Å². The van der Waals surface area contributed by atoms with E-state index in [9.17, 15) is 0 Å². The third-order valence-corrected chi connectivity index (χ3v) is 3.64. The third kappa shape index (κ3) is 34.6. The van der Waals surface area contributed by atoms with E-state index in [2.05, 4.69) is 79.8 Å². The van der Waals surface area contributed by atoms with Crippen LogP contribution in [-0.4, -0.2) is 4.83 Å². The first-order valence-corrected chi connectivity index (χ1v) is 7.69. The first-order chi connectivity index (χ1) is 13.3. The zero-order valence-corrected chi connectivity index (χ0v) is 18.5. The number of benzene rings is 1. The second-order valence-corrected chi connectivity index (χ2v) is 5.39. The van der Waals surface area contributed by atoms with E-state index in [1.165, 1.54) is 25.7 Å². The molecule has 0 amide bonds. The first-order valence-electron chi connectivity index (χ1n) is 6.78. The minimum atomic E-state index is 0. The Morgan fingerprint density at radius 1 is 0.724 bits per heavy atom. The van der Waals surface area contributed by atoms with Gasteiger partial charge in [0, 0.05) is 49.9 Å². The molecule has 1 saturated carbocycles. The molecule has 0 heterocycles. The second kappa shape index (κ2) is 50.4. The number of rotatable bonds is 0. The molecular weight excluding hydrogens is 534 g/mol. The fourth-order valence-corrected chi connectivity index (χ4v) is 2.74. The molecular formula is C20H15BrCo2O6. The molecule has 156 valence electrons. The third-order valence-electron chi connectivity index (χ3n) is 2.80. The van der Waals surface area contributed by atoms with Crippen LogP contribution in [0.15, 0.2) is 30.3 Å². The summed E-state index contributed by atoms with van der Waals surface area (Å²) in [5, 5.41) is 0. The van der Waals surface area contributed by atoms with Crippen LogP contribution in [0.1, 0.15) is 31.2 Å². The van der Waals surface area contributed by atoms with Crippen molar-refractivity contribution in [3.8, 4) is 11.8 Å². The predicted octanol–water partition coefficient (Wildman–Crippen LogP) is 3.76. The Kier molecular flexibility index (Phi) is 80.2. The van der Waals surface area contributed by atoms with Crippen molar-refractivity contribution in [2.24, 2.45) is 5.92 Å². The number of hydrogen-bond acceptors (Lipinski definition) is 0. The Hall–Kier alpha value is -1.29. The van der Waals surface area contributed by atoms with E-state index in [4.69, 9.17) is 27.9 Å². The average molecular weight is 549 g/mol. The molecule has 29 heavy (non-hydrogen) atoms. The summed E-state index contributed by atoms with van der Waals surface area (Å²) in [6.07, 6.45) is 5.09. The molecule has 0 N–H and O–H groups in total. The van der Waals surface area contributed by atoms with Crippen molar-refractivity contribution in [2.75, 3.05) is 0 Å². The van der Waals surface area contributed by atoms with Crippen molar-refractivity contribution in [2.45, 2.75) is 30.5 Å². The van der Waals surface area contributed by atoms with Crippen LogP contribution < -0.4 is 0 Å². The molecule has 1 aliphatic carbocycles. The van der Waals surface area contributed by atoms with E-state index in [0.29, 0.717) is 10.7 Å². The van der Waals surface area contributed by atoms with Gasteiger partial charge in [0.25, 0.3) is 0 Å². The number of hydrogen-bond donors (Lipinski definition) is 0. The molecule has 0 aromatic heterocycles. The minimum absolute atomic E-state index is 0. The van der Waals surface area contributed by atoms with Crippen molar-refractivity contribution >= 4 is 15.9 Å². The van der Waals surface area contributed by atoms with Gasteiger partial charge in [-0.3, -0.25) is 0 Å². The van der Waals surface area contributed by atoms with Crippen molar-refractivity contribution in [3.05, 3.63) is 75.8 Å². The van der Waals surface area contributed by atoms with Gasteiger partial charge in [0.2, 0.25) is 0 Å². The maximum atomic E-state index is 7.50. The maximum Gasteiger partial charge on any atom is 0 e. The van der Waals surface area contributed by atoms with Gasteiger partial charge >= 0.3 is 67.8 Å². The Balaban J connectivity index is -0.0000000601. The van der Waals surface area contributed by atoms with Gasteiger partial charge in [0.05, 0.1) is 0 Å². The van der Waals surface area contributed by atoms with Crippen LogP contribution in [0.3, 0.4) is 0 Å². The molecule has 0 spiro atoms. The van der Waals surface area contributed by atoms with Gasteiger partial charge in [-0.15, -0.1) is 0 Å². The Morgan fingerprint density at radius 3 is 1.52 bits per heavy atom. The molecule has 0 saturated heterocycles. The zero-order valence-electron chi connectivity index (χ0n) is 14.9. The largest absolute Gasteiger partial charge is 0 e. The van der Waals surface area contributed by atoms with Crippen LogP contribution >= 0.6 is 15.9 Å². The summed E-state index contributed by atoms with van der Waals surface area (Å²) in [4.78, 5) is 0.682. The maximum absolute atomic E-state index is 7.50.